The predicted molar refractivity (Wildman–Crippen MR) is 62.0 cm³/mol. The largest absolute Gasteiger partial charge is 0.453 e. The minimum absolute atomic E-state index is 0.163. The Bertz CT molecular complexity index is 450. The van der Waals surface area contributed by atoms with Crippen LogP contribution in [0.25, 0.3) is 0 Å². The third kappa shape index (κ3) is 1.18. The van der Waals surface area contributed by atoms with Crippen LogP contribution in [0.5, 0.6) is 11.5 Å². The highest BCUT2D eigenvalue weighted by Crippen LogP contribution is 2.54. The van der Waals surface area contributed by atoms with E-state index in [0.717, 1.165) is 11.5 Å². The molecule has 0 atom stereocenters. The first-order valence-electron chi connectivity index (χ1n) is 5.78. The molecule has 16 heavy (non-hydrogen) atoms. The quantitative estimate of drug-likeness (QED) is 0.827. The topological polar surface area (TPSA) is 44.5 Å². The van der Waals surface area contributed by atoms with Crippen LogP contribution in [-0.2, 0) is 5.41 Å². The zero-order chi connectivity index (χ0) is 11.3. The van der Waals surface area contributed by atoms with E-state index < -0.39 is 0 Å². The Morgan fingerprint density at radius 3 is 2.56 bits per heavy atom. The van der Waals surface area contributed by atoms with Gasteiger partial charge in [-0.2, -0.15) is 0 Å². The standard InChI is InChI=1S/C13H17NO2/c1-8-5-10(13(6-14)3-4-13)12-11(9(8)2)15-7-16-12/h5H,3-4,6-7,14H2,1-2H3. The second-order valence-electron chi connectivity index (χ2n) is 4.92. The van der Waals surface area contributed by atoms with Gasteiger partial charge in [0.25, 0.3) is 0 Å². The molecular formula is C13H17NO2. The summed E-state index contributed by atoms with van der Waals surface area (Å²) >= 11 is 0. The summed E-state index contributed by atoms with van der Waals surface area (Å²) < 4.78 is 11.2. The van der Waals surface area contributed by atoms with Crippen LogP contribution in [0.3, 0.4) is 0 Å². The lowest BCUT2D eigenvalue weighted by molar-refractivity contribution is 0.172. The molecule has 3 heteroatoms. The summed E-state index contributed by atoms with van der Waals surface area (Å²) in [6, 6.07) is 2.22. The molecule has 1 aliphatic heterocycles. The SMILES string of the molecule is Cc1cc(C2(CN)CC2)c2c(c1C)OCO2. The Hall–Kier alpha value is -1.22. The predicted octanol–water partition coefficient (Wildman–Crippen LogP) is 2.02. The maximum absolute atomic E-state index is 5.89. The van der Waals surface area contributed by atoms with Crippen molar-refractivity contribution in [1.82, 2.24) is 0 Å². The lowest BCUT2D eigenvalue weighted by atomic mass is 9.91. The van der Waals surface area contributed by atoms with Gasteiger partial charge < -0.3 is 15.2 Å². The van der Waals surface area contributed by atoms with Crippen molar-refractivity contribution < 1.29 is 9.47 Å². The van der Waals surface area contributed by atoms with Gasteiger partial charge in [-0.05, 0) is 37.8 Å². The molecule has 1 saturated carbocycles. The summed E-state index contributed by atoms with van der Waals surface area (Å²) in [5.74, 6) is 1.86. The zero-order valence-corrected chi connectivity index (χ0v) is 9.80. The fraction of sp³-hybridized carbons (Fsp3) is 0.538. The second-order valence-corrected chi connectivity index (χ2v) is 4.92. The maximum Gasteiger partial charge on any atom is 0.231 e. The zero-order valence-electron chi connectivity index (χ0n) is 9.80. The van der Waals surface area contributed by atoms with Gasteiger partial charge in [0.15, 0.2) is 11.5 Å². The van der Waals surface area contributed by atoms with Crippen molar-refractivity contribution in [3.05, 3.63) is 22.8 Å². The molecule has 0 amide bonds. The number of hydrogen-bond acceptors (Lipinski definition) is 3. The molecule has 1 aliphatic carbocycles. The third-order valence-corrected chi connectivity index (χ3v) is 3.97. The van der Waals surface area contributed by atoms with Crippen molar-refractivity contribution in [3.8, 4) is 11.5 Å². The van der Waals surface area contributed by atoms with Gasteiger partial charge in [-0.3, -0.25) is 0 Å². The monoisotopic (exact) mass is 219 g/mol. The van der Waals surface area contributed by atoms with Crippen LogP contribution in [0.15, 0.2) is 6.07 Å². The second kappa shape index (κ2) is 3.14. The molecule has 0 radical (unpaired) electrons. The molecule has 3 nitrogen and oxygen atoms in total. The minimum atomic E-state index is 0.163. The first kappa shape index (κ1) is 9.97. The number of hydrogen-bond donors (Lipinski definition) is 1. The van der Waals surface area contributed by atoms with E-state index in [-0.39, 0.29) is 5.41 Å². The number of rotatable bonds is 2. The summed E-state index contributed by atoms with van der Waals surface area (Å²) in [6.45, 7) is 5.24. The summed E-state index contributed by atoms with van der Waals surface area (Å²) in [7, 11) is 0. The van der Waals surface area contributed by atoms with E-state index in [1.165, 1.54) is 29.5 Å². The van der Waals surface area contributed by atoms with E-state index in [1.807, 2.05) is 0 Å². The lowest BCUT2D eigenvalue weighted by Gasteiger charge is -2.17. The van der Waals surface area contributed by atoms with Crippen molar-refractivity contribution in [3.63, 3.8) is 0 Å². The Morgan fingerprint density at radius 1 is 1.25 bits per heavy atom. The van der Waals surface area contributed by atoms with Crippen LogP contribution in [0.2, 0.25) is 0 Å². The van der Waals surface area contributed by atoms with Gasteiger partial charge in [-0.25, -0.2) is 0 Å². The molecule has 2 aliphatic rings. The first-order chi connectivity index (χ1) is 7.68. The molecular weight excluding hydrogens is 202 g/mol. The fourth-order valence-electron chi connectivity index (χ4n) is 2.45. The van der Waals surface area contributed by atoms with Gasteiger partial charge in [-0.15, -0.1) is 0 Å². The number of aryl methyl sites for hydroxylation is 1. The average Bonchev–Trinajstić information content (AvgIpc) is 2.93. The summed E-state index contributed by atoms with van der Waals surface area (Å²) in [6.07, 6.45) is 2.34. The normalized spacial score (nSPS) is 19.9. The van der Waals surface area contributed by atoms with Gasteiger partial charge >= 0.3 is 0 Å². The van der Waals surface area contributed by atoms with Crippen LogP contribution in [0.1, 0.15) is 29.5 Å². The van der Waals surface area contributed by atoms with E-state index in [0.29, 0.717) is 13.3 Å². The lowest BCUT2D eigenvalue weighted by Crippen LogP contribution is -2.20. The van der Waals surface area contributed by atoms with Crippen molar-refractivity contribution in [2.45, 2.75) is 32.1 Å². The van der Waals surface area contributed by atoms with E-state index in [4.69, 9.17) is 15.2 Å². The number of benzene rings is 1. The van der Waals surface area contributed by atoms with Crippen LogP contribution < -0.4 is 15.2 Å². The molecule has 0 saturated heterocycles. The Morgan fingerprint density at radius 2 is 1.94 bits per heavy atom. The van der Waals surface area contributed by atoms with Crippen LogP contribution >= 0.6 is 0 Å². The van der Waals surface area contributed by atoms with Gasteiger partial charge in [0.05, 0.1) is 0 Å². The summed E-state index contributed by atoms with van der Waals surface area (Å²) in [5, 5.41) is 0. The first-order valence-corrected chi connectivity index (χ1v) is 5.78. The molecule has 0 unspecified atom stereocenters. The Balaban J connectivity index is 2.19. The molecule has 86 valence electrons. The highest BCUT2D eigenvalue weighted by atomic mass is 16.7. The van der Waals surface area contributed by atoms with Crippen molar-refractivity contribution in [1.29, 1.82) is 0 Å². The molecule has 1 heterocycles. The van der Waals surface area contributed by atoms with E-state index in [9.17, 15) is 0 Å². The van der Waals surface area contributed by atoms with Crippen molar-refractivity contribution in [2.75, 3.05) is 13.3 Å². The van der Waals surface area contributed by atoms with E-state index in [2.05, 4.69) is 19.9 Å². The Labute approximate surface area is 95.5 Å². The van der Waals surface area contributed by atoms with Crippen molar-refractivity contribution in [2.24, 2.45) is 5.73 Å². The average molecular weight is 219 g/mol. The van der Waals surface area contributed by atoms with Crippen LogP contribution in [-0.4, -0.2) is 13.3 Å². The van der Waals surface area contributed by atoms with Gasteiger partial charge in [0.1, 0.15) is 0 Å². The number of nitrogens with two attached hydrogens (primary N) is 1. The molecule has 0 aromatic heterocycles. The maximum atomic E-state index is 5.89. The van der Waals surface area contributed by atoms with E-state index in [1.54, 1.807) is 0 Å². The van der Waals surface area contributed by atoms with E-state index >= 15 is 0 Å². The molecule has 0 spiro atoms. The van der Waals surface area contributed by atoms with Crippen LogP contribution in [0, 0.1) is 13.8 Å². The Kier molecular flexibility index (Phi) is 1.96. The van der Waals surface area contributed by atoms with Gasteiger partial charge in [0, 0.05) is 17.5 Å². The number of ether oxygens (including phenoxy) is 2. The highest BCUT2D eigenvalue weighted by molar-refractivity contribution is 5.59. The van der Waals surface area contributed by atoms with Gasteiger partial charge in [0.2, 0.25) is 6.79 Å². The van der Waals surface area contributed by atoms with Gasteiger partial charge in [-0.1, -0.05) is 6.07 Å². The smallest absolute Gasteiger partial charge is 0.231 e. The van der Waals surface area contributed by atoms with Crippen molar-refractivity contribution >= 4 is 0 Å². The molecule has 3 rings (SSSR count). The number of fused-ring (bicyclic) bond motifs is 1. The summed E-state index contributed by atoms with van der Waals surface area (Å²) in [5.41, 5.74) is 9.75. The molecule has 1 aromatic carbocycles. The molecule has 2 N–H and O–H groups in total. The molecule has 0 bridgehead atoms. The van der Waals surface area contributed by atoms with Crippen LogP contribution in [0.4, 0.5) is 0 Å². The molecule has 1 fully saturated rings. The third-order valence-electron chi connectivity index (χ3n) is 3.97. The molecule has 1 aromatic rings. The minimum Gasteiger partial charge on any atom is -0.453 e. The highest BCUT2D eigenvalue weighted by Gasteiger charge is 2.46. The fourth-order valence-corrected chi connectivity index (χ4v) is 2.45. The summed E-state index contributed by atoms with van der Waals surface area (Å²) in [4.78, 5) is 0.